The molecule has 2 N–H and O–H groups in total. The maximum absolute atomic E-state index is 13.7. The second kappa shape index (κ2) is 8.56. The van der Waals surface area contributed by atoms with E-state index in [0.717, 1.165) is 5.69 Å². The molecule has 3 aromatic heterocycles. The highest BCUT2D eigenvalue weighted by Crippen LogP contribution is 2.35. The molecule has 152 valence electrons. The largest absolute Gasteiger partial charge is 0.438 e. The maximum atomic E-state index is 13.7. The van der Waals surface area contributed by atoms with Gasteiger partial charge in [-0.1, -0.05) is 17.7 Å². The molecule has 4 rings (SSSR count). The number of halogens is 2. The Morgan fingerprint density at radius 3 is 2.60 bits per heavy atom. The first kappa shape index (κ1) is 19.9. The van der Waals surface area contributed by atoms with Gasteiger partial charge in [0, 0.05) is 54.9 Å². The summed E-state index contributed by atoms with van der Waals surface area (Å²) in [6, 6.07) is 12.5. The smallest absolute Gasteiger partial charge is 0.218 e. The van der Waals surface area contributed by atoms with E-state index >= 15 is 0 Å². The molecule has 30 heavy (non-hydrogen) atoms. The molecule has 1 unspecified atom stereocenters. The second-order valence-electron chi connectivity index (χ2n) is 6.49. The van der Waals surface area contributed by atoms with Crippen molar-refractivity contribution in [1.82, 2.24) is 24.7 Å². The molecular weight excluding hydrogens is 407 g/mol. The molecular formula is C21H18ClFN6O. The molecule has 0 saturated carbocycles. The molecule has 3 heterocycles. The van der Waals surface area contributed by atoms with Gasteiger partial charge in [0.2, 0.25) is 5.88 Å². The molecule has 0 aliphatic rings. The summed E-state index contributed by atoms with van der Waals surface area (Å²) in [4.78, 5) is 12.8. The molecule has 0 aliphatic heterocycles. The van der Waals surface area contributed by atoms with Crippen molar-refractivity contribution in [1.29, 1.82) is 0 Å². The van der Waals surface area contributed by atoms with Gasteiger partial charge in [0.05, 0.1) is 11.3 Å². The number of nitrogens with two attached hydrogens (primary N) is 1. The molecule has 0 bridgehead atoms. The number of aromatic nitrogens is 5. The van der Waals surface area contributed by atoms with Gasteiger partial charge >= 0.3 is 0 Å². The van der Waals surface area contributed by atoms with E-state index in [9.17, 15) is 4.39 Å². The molecule has 0 radical (unpaired) electrons. The average Bonchev–Trinajstić information content (AvgIpc) is 3.14. The van der Waals surface area contributed by atoms with Gasteiger partial charge in [-0.25, -0.2) is 19.0 Å². The maximum Gasteiger partial charge on any atom is 0.218 e. The van der Waals surface area contributed by atoms with Crippen molar-refractivity contribution in [3.63, 3.8) is 0 Å². The highest BCUT2D eigenvalue weighted by Gasteiger charge is 2.16. The summed E-state index contributed by atoms with van der Waals surface area (Å²) in [6.07, 6.45) is 3.23. The lowest BCUT2D eigenvalue weighted by molar-refractivity contribution is 0.351. The van der Waals surface area contributed by atoms with E-state index in [1.54, 1.807) is 42.2 Å². The number of benzene rings is 1. The zero-order chi connectivity index (χ0) is 21.1. The lowest BCUT2D eigenvalue weighted by Gasteiger charge is -2.11. The second-order valence-corrected chi connectivity index (χ2v) is 6.93. The highest BCUT2D eigenvalue weighted by atomic mass is 35.5. The number of rotatable bonds is 6. The van der Waals surface area contributed by atoms with Crippen molar-refractivity contribution in [3.8, 4) is 34.4 Å². The first-order valence-corrected chi connectivity index (χ1v) is 9.52. The van der Waals surface area contributed by atoms with Crippen LogP contribution in [0.4, 0.5) is 4.39 Å². The van der Waals surface area contributed by atoms with Crippen LogP contribution < -0.4 is 10.5 Å². The van der Waals surface area contributed by atoms with Crippen LogP contribution >= 0.6 is 11.6 Å². The van der Waals surface area contributed by atoms with Crippen LogP contribution in [0, 0.1) is 0 Å². The van der Waals surface area contributed by atoms with Gasteiger partial charge < -0.3 is 10.5 Å². The van der Waals surface area contributed by atoms with Gasteiger partial charge in [0.1, 0.15) is 17.6 Å². The molecule has 0 amide bonds. The highest BCUT2D eigenvalue weighted by molar-refractivity contribution is 6.30. The monoisotopic (exact) mass is 424 g/mol. The number of hydrogen-bond donors (Lipinski definition) is 1. The van der Waals surface area contributed by atoms with Crippen LogP contribution in [0.15, 0.2) is 61.1 Å². The number of pyridine rings is 1. The van der Waals surface area contributed by atoms with Crippen LogP contribution in [0.5, 0.6) is 11.6 Å². The normalized spacial score (nSPS) is 12.0. The van der Waals surface area contributed by atoms with Crippen LogP contribution in [-0.2, 0) is 7.05 Å². The van der Waals surface area contributed by atoms with E-state index < -0.39 is 6.17 Å². The number of alkyl halides is 1. The fourth-order valence-corrected chi connectivity index (χ4v) is 3.00. The predicted molar refractivity (Wildman–Crippen MR) is 112 cm³/mol. The van der Waals surface area contributed by atoms with Gasteiger partial charge in [-0.3, -0.25) is 4.98 Å². The molecule has 4 aromatic rings. The molecule has 7 nitrogen and oxygen atoms in total. The van der Waals surface area contributed by atoms with E-state index in [1.807, 2.05) is 18.2 Å². The van der Waals surface area contributed by atoms with Crippen LogP contribution in [0.25, 0.3) is 22.8 Å². The van der Waals surface area contributed by atoms with Crippen molar-refractivity contribution in [2.75, 3.05) is 6.54 Å². The Bertz CT molecular complexity index is 1150. The molecule has 0 aliphatic carbocycles. The minimum absolute atomic E-state index is 0.128. The fourth-order valence-electron chi connectivity index (χ4n) is 2.84. The predicted octanol–water partition coefficient (Wildman–Crippen LogP) is 4.35. The van der Waals surface area contributed by atoms with E-state index in [4.69, 9.17) is 22.1 Å². The zero-order valence-corrected chi connectivity index (χ0v) is 16.8. The summed E-state index contributed by atoms with van der Waals surface area (Å²) in [7, 11) is 1.77. The standard InChI is InChI=1S/C21H18ClFN6O/c1-29-20(9-18(28-29)17-4-2-3-7-25-17)30-19-8-14(22)5-6-15(19)21-26-11-13(12-27-21)16(23)10-24/h2-9,11-12,16H,10,24H2,1H3. The van der Waals surface area contributed by atoms with E-state index in [-0.39, 0.29) is 6.54 Å². The van der Waals surface area contributed by atoms with Gasteiger partial charge in [-0.15, -0.1) is 0 Å². The van der Waals surface area contributed by atoms with Crippen molar-refractivity contribution < 1.29 is 9.13 Å². The first-order valence-electron chi connectivity index (χ1n) is 9.14. The number of nitrogens with zero attached hydrogens (tertiary/aromatic N) is 5. The summed E-state index contributed by atoms with van der Waals surface area (Å²) in [5.41, 5.74) is 7.69. The number of hydrogen-bond acceptors (Lipinski definition) is 6. The molecule has 1 aromatic carbocycles. The third kappa shape index (κ3) is 4.14. The van der Waals surface area contributed by atoms with Crippen molar-refractivity contribution >= 4 is 11.6 Å². The van der Waals surface area contributed by atoms with Gasteiger partial charge in [0.25, 0.3) is 0 Å². The van der Waals surface area contributed by atoms with Crippen molar-refractivity contribution in [3.05, 3.63) is 71.6 Å². The third-order valence-corrected chi connectivity index (χ3v) is 4.64. The Labute approximate surface area is 177 Å². The summed E-state index contributed by atoms with van der Waals surface area (Å²) in [6.45, 7) is -0.128. The molecule has 9 heteroatoms. The van der Waals surface area contributed by atoms with Crippen LogP contribution in [0.3, 0.4) is 0 Å². The Hall–Kier alpha value is -3.36. The van der Waals surface area contributed by atoms with Crippen LogP contribution in [-0.4, -0.2) is 31.3 Å². The minimum Gasteiger partial charge on any atom is -0.438 e. The van der Waals surface area contributed by atoms with Gasteiger partial charge in [-0.05, 0) is 24.3 Å². The van der Waals surface area contributed by atoms with E-state index in [2.05, 4.69) is 20.1 Å². The Balaban J connectivity index is 1.67. The molecule has 0 spiro atoms. The van der Waals surface area contributed by atoms with E-state index in [0.29, 0.717) is 39.3 Å². The minimum atomic E-state index is -1.31. The summed E-state index contributed by atoms with van der Waals surface area (Å²) in [5, 5.41) is 4.94. The fraction of sp³-hybridized carbons (Fsp3) is 0.143. The summed E-state index contributed by atoms with van der Waals surface area (Å²) < 4.78 is 21.4. The zero-order valence-electron chi connectivity index (χ0n) is 16.0. The molecule has 0 fully saturated rings. The number of ether oxygens (including phenoxy) is 1. The summed E-state index contributed by atoms with van der Waals surface area (Å²) >= 11 is 6.18. The molecule has 1 atom stereocenters. The van der Waals surface area contributed by atoms with Crippen molar-refractivity contribution in [2.24, 2.45) is 12.8 Å². The van der Waals surface area contributed by atoms with Gasteiger partial charge in [0.15, 0.2) is 5.82 Å². The topological polar surface area (TPSA) is 91.7 Å². The molecule has 0 saturated heterocycles. The first-order chi connectivity index (χ1) is 14.5. The average molecular weight is 425 g/mol. The Morgan fingerprint density at radius 2 is 1.90 bits per heavy atom. The van der Waals surface area contributed by atoms with Crippen LogP contribution in [0.1, 0.15) is 11.7 Å². The van der Waals surface area contributed by atoms with Crippen LogP contribution in [0.2, 0.25) is 5.02 Å². The van der Waals surface area contributed by atoms with Gasteiger partial charge in [-0.2, -0.15) is 5.10 Å². The quantitative estimate of drug-likeness (QED) is 0.494. The number of aryl methyl sites for hydroxylation is 1. The SMILES string of the molecule is Cn1nc(-c2ccccn2)cc1Oc1cc(Cl)ccc1-c1ncc(C(F)CN)cn1. The lowest BCUT2D eigenvalue weighted by Crippen LogP contribution is -2.08. The Kier molecular flexibility index (Phi) is 5.69. The summed E-state index contributed by atoms with van der Waals surface area (Å²) in [5.74, 6) is 1.31. The van der Waals surface area contributed by atoms with E-state index in [1.165, 1.54) is 12.4 Å². The lowest BCUT2D eigenvalue weighted by atomic mass is 10.1. The third-order valence-electron chi connectivity index (χ3n) is 4.40. The Morgan fingerprint density at radius 1 is 1.10 bits per heavy atom. The van der Waals surface area contributed by atoms with Crippen molar-refractivity contribution in [2.45, 2.75) is 6.17 Å².